The molecule has 0 unspecified atom stereocenters. The van der Waals surface area contributed by atoms with Crippen LogP contribution in [-0.4, -0.2) is 37.0 Å². The largest absolute Gasteiger partial charge is 0.741 e. The highest BCUT2D eigenvalue weighted by Gasteiger charge is 2.37. The lowest BCUT2D eigenvalue weighted by atomic mass is 10.4. The Bertz CT molecular complexity index is 1680. The molecule has 6 nitrogen and oxygen atoms in total. The van der Waals surface area contributed by atoms with E-state index < -0.39 is 31.3 Å². The van der Waals surface area contributed by atoms with Gasteiger partial charge in [-0.15, -0.1) is 0 Å². The van der Waals surface area contributed by atoms with E-state index >= 15 is 0 Å². The van der Waals surface area contributed by atoms with E-state index in [1.54, 1.807) is 0 Å². The van der Waals surface area contributed by atoms with Crippen LogP contribution < -0.4 is 21.2 Å². The summed E-state index contributed by atoms with van der Waals surface area (Å²) in [6.45, 7) is 0. The summed E-state index contributed by atoms with van der Waals surface area (Å²) in [7, 11) is -12.2. The lowest BCUT2D eigenvalue weighted by molar-refractivity contribution is -0.597. The second-order valence-electron chi connectivity index (χ2n) is 8.73. The molecule has 48 heavy (non-hydrogen) atoms. The van der Waals surface area contributed by atoms with Crippen LogP contribution in [-0.2, 0) is 31.1 Å². The molecule has 0 aromatic heterocycles. The van der Waals surface area contributed by atoms with Gasteiger partial charge in [0.2, 0.25) is 0 Å². The Morgan fingerprint density at radius 3 is 0.792 bits per heavy atom. The van der Waals surface area contributed by atoms with E-state index in [2.05, 4.69) is 152 Å². The van der Waals surface area contributed by atoms with Crippen molar-refractivity contribution in [3.05, 3.63) is 159 Å². The number of hydrogen-bond donors (Lipinski definition) is 0. The first-order valence-electron chi connectivity index (χ1n) is 13.1. The molecule has 0 heterocycles. The van der Waals surface area contributed by atoms with Crippen LogP contribution in [0.25, 0.3) is 0 Å². The number of benzene rings is 5. The molecule has 0 amide bonds. The van der Waals surface area contributed by atoms with Gasteiger partial charge >= 0.3 is 32.2 Å². The minimum Gasteiger partial charge on any atom is -0.741 e. The van der Waals surface area contributed by atoms with E-state index in [-0.39, 0.29) is 32.1 Å². The van der Waals surface area contributed by atoms with Crippen LogP contribution in [0.1, 0.15) is 0 Å². The van der Waals surface area contributed by atoms with Gasteiger partial charge in [-0.05, 0) is 60.7 Å². The Labute approximate surface area is 287 Å². The van der Waals surface area contributed by atoms with Crippen molar-refractivity contribution in [2.45, 2.75) is 25.7 Å². The minimum absolute atomic E-state index is 0.0146. The monoisotopic (exact) mass is 842 g/mol. The van der Waals surface area contributed by atoms with Crippen molar-refractivity contribution < 1.29 is 73.5 Å². The second-order valence-corrected chi connectivity index (χ2v) is 16.5. The number of hydrogen-bond acceptors (Lipinski definition) is 6. The molecule has 0 fully saturated rings. The summed E-state index contributed by atoms with van der Waals surface area (Å²) in [5, 5.41) is 0. The summed E-state index contributed by atoms with van der Waals surface area (Å²) < 4.78 is 121. The highest BCUT2D eigenvalue weighted by atomic mass is 127. The van der Waals surface area contributed by atoms with Gasteiger partial charge in [0, 0.05) is 0 Å². The number of alkyl halides is 6. The average Bonchev–Trinajstić information content (AvgIpc) is 3.03. The maximum atomic E-state index is 10.7. The lowest BCUT2D eigenvalue weighted by Crippen LogP contribution is -3.61. The molecule has 16 heteroatoms. The molecule has 256 valence electrons. The first kappa shape index (κ1) is 40.8. The molecular weight excluding hydrogens is 817 g/mol. The van der Waals surface area contributed by atoms with Gasteiger partial charge in [0.05, 0.1) is 10.9 Å². The van der Waals surface area contributed by atoms with Crippen molar-refractivity contribution in [3.8, 4) is 0 Å². The fraction of sp³-hybridized carbons (Fsp3) is 0.0625. The molecule has 0 aliphatic rings. The molecule has 5 aromatic carbocycles. The van der Waals surface area contributed by atoms with Gasteiger partial charge in [0.15, 0.2) is 42.1 Å². The molecule has 0 saturated carbocycles. The van der Waals surface area contributed by atoms with Crippen molar-refractivity contribution in [3.63, 3.8) is 0 Å². The fourth-order valence-electron chi connectivity index (χ4n) is 3.16. The van der Waals surface area contributed by atoms with Gasteiger partial charge in [-0.25, -0.2) is 16.8 Å². The van der Waals surface area contributed by atoms with Gasteiger partial charge in [-0.2, -0.15) is 26.3 Å². The maximum Gasteiger partial charge on any atom is 0.485 e. The zero-order valence-corrected chi connectivity index (χ0v) is 28.9. The van der Waals surface area contributed by atoms with E-state index in [9.17, 15) is 26.3 Å². The van der Waals surface area contributed by atoms with E-state index in [0.29, 0.717) is 0 Å². The Morgan fingerprint density at radius 2 is 0.604 bits per heavy atom. The highest BCUT2D eigenvalue weighted by Crippen LogP contribution is 2.30. The average molecular weight is 843 g/mol. The van der Waals surface area contributed by atoms with Crippen LogP contribution in [0.2, 0.25) is 0 Å². The summed E-state index contributed by atoms with van der Waals surface area (Å²) in [5.41, 5.74) is -11.3. The zero-order valence-electron chi connectivity index (χ0n) is 24.3. The standard InChI is InChI=1S/C18H15S.C12H10I.2CHF3O3S/c1-4-10-16(11-5-1)19(17-12-6-2-7-13-17)18-14-8-3-9-15-18;1-3-7-11(8-4-1)13-12-9-5-2-6-10-12;2*2-1(3,4)8(5,6)7/h1-15H;1-10H;2*(H,5,6,7)/q2*+1;;/p-2. The molecule has 0 radical (unpaired) electrons. The van der Waals surface area contributed by atoms with E-state index in [1.807, 2.05) is 0 Å². The Balaban J connectivity index is 0.000000241. The molecular formula is C32H25F6IO6S3. The predicted molar refractivity (Wildman–Crippen MR) is 163 cm³/mol. The summed E-state index contributed by atoms with van der Waals surface area (Å²) >= 11 is 0.0287. The zero-order chi connectivity index (χ0) is 35.8. The van der Waals surface area contributed by atoms with Gasteiger partial charge in [0.25, 0.3) is 0 Å². The van der Waals surface area contributed by atoms with Crippen LogP contribution in [0.4, 0.5) is 26.3 Å². The van der Waals surface area contributed by atoms with E-state index in [0.717, 1.165) is 0 Å². The quantitative estimate of drug-likeness (QED) is 0.0835. The third-order valence-corrected chi connectivity index (χ3v) is 11.2. The van der Waals surface area contributed by atoms with Gasteiger partial charge < -0.3 is 9.11 Å². The van der Waals surface area contributed by atoms with E-state index in [4.69, 9.17) is 25.9 Å². The van der Waals surface area contributed by atoms with Gasteiger partial charge in [-0.1, -0.05) is 91.0 Å². The Morgan fingerprint density at radius 1 is 0.417 bits per heavy atom. The summed E-state index contributed by atoms with van der Waals surface area (Å²) in [4.78, 5) is 4.08. The van der Waals surface area contributed by atoms with E-state index in [1.165, 1.54) is 21.8 Å². The van der Waals surface area contributed by atoms with Crippen molar-refractivity contribution in [1.29, 1.82) is 0 Å². The SMILES string of the molecule is O=S(=O)([O-])C(F)(F)F.O=S(=O)([O-])C(F)(F)F.c1ccc([I+]c2ccccc2)cc1.c1ccc([S+](c2ccccc2)c2ccccc2)cc1. The van der Waals surface area contributed by atoms with Gasteiger partial charge in [0.1, 0.15) is 0 Å². The Kier molecular flexibility index (Phi) is 16.1. The predicted octanol–water partition coefficient (Wildman–Crippen LogP) is 4.70. The molecule has 0 bridgehead atoms. The third-order valence-electron chi connectivity index (χ3n) is 5.19. The summed E-state index contributed by atoms with van der Waals surface area (Å²) in [5.74, 6) is 0. The molecule has 0 atom stereocenters. The molecule has 5 aromatic rings. The summed E-state index contributed by atoms with van der Waals surface area (Å²) in [6.07, 6.45) is 0. The molecule has 0 aliphatic heterocycles. The minimum atomic E-state index is -6.09. The number of rotatable bonds is 5. The Hall–Kier alpha value is -3.42. The van der Waals surface area contributed by atoms with Crippen molar-refractivity contribution in [2.24, 2.45) is 0 Å². The normalized spacial score (nSPS) is 11.5. The van der Waals surface area contributed by atoms with Crippen LogP contribution in [0, 0.1) is 7.14 Å². The molecule has 5 rings (SSSR count). The second kappa shape index (κ2) is 18.9. The maximum absolute atomic E-state index is 10.7. The van der Waals surface area contributed by atoms with Crippen LogP contribution in [0.5, 0.6) is 0 Å². The molecule has 0 saturated heterocycles. The topological polar surface area (TPSA) is 114 Å². The van der Waals surface area contributed by atoms with Crippen LogP contribution in [0.15, 0.2) is 166 Å². The first-order valence-corrected chi connectivity index (χ1v) is 19.3. The smallest absolute Gasteiger partial charge is 0.485 e. The van der Waals surface area contributed by atoms with Crippen LogP contribution >= 0.6 is 0 Å². The van der Waals surface area contributed by atoms with Crippen molar-refractivity contribution >= 4 is 31.1 Å². The number of halogens is 7. The van der Waals surface area contributed by atoms with Crippen molar-refractivity contribution in [1.82, 2.24) is 0 Å². The summed E-state index contributed by atoms with van der Waals surface area (Å²) in [6, 6.07) is 53.6. The highest BCUT2D eigenvalue weighted by molar-refractivity contribution is 7.97. The third kappa shape index (κ3) is 14.8. The fourth-order valence-corrected chi connectivity index (χ4v) is 7.53. The first-order chi connectivity index (χ1) is 22.4. The molecule has 0 aliphatic carbocycles. The van der Waals surface area contributed by atoms with Gasteiger partial charge in [-0.3, -0.25) is 0 Å². The molecule has 0 spiro atoms. The van der Waals surface area contributed by atoms with Crippen LogP contribution in [0.3, 0.4) is 0 Å². The lowest BCUT2D eigenvalue weighted by Gasteiger charge is -2.08. The van der Waals surface area contributed by atoms with Crippen molar-refractivity contribution in [2.75, 3.05) is 0 Å². The molecule has 0 N–H and O–H groups in total.